The van der Waals surface area contributed by atoms with E-state index in [2.05, 4.69) is 18.8 Å². The topological polar surface area (TPSA) is 22.1 Å². The fourth-order valence-corrected chi connectivity index (χ4v) is 2.51. The molecule has 0 aliphatic carbocycles. The molecule has 0 saturated carbocycles. The second-order valence-electron chi connectivity index (χ2n) is 5.02. The Bertz CT molecular complexity index is 781. The highest BCUT2D eigenvalue weighted by Gasteiger charge is 2.09. The Morgan fingerprint density at radius 3 is 2.57 bits per heavy atom. The predicted octanol–water partition coefficient (Wildman–Crippen LogP) is 5.55. The van der Waals surface area contributed by atoms with E-state index in [0.717, 1.165) is 34.5 Å². The largest absolute Gasteiger partial charge is 0.455 e. The molecule has 106 valence electrons. The first-order chi connectivity index (χ1) is 10.2. The van der Waals surface area contributed by atoms with Crippen LogP contribution in [0.1, 0.15) is 18.2 Å². The Kier molecular flexibility index (Phi) is 3.80. The maximum atomic E-state index is 6.34. The van der Waals surface area contributed by atoms with Gasteiger partial charge in [-0.25, -0.2) is 4.98 Å². The Balaban J connectivity index is 2.09. The van der Waals surface area contributed by atoms with Crippen LogP contribution in [0.4, 0.5) is 0 Å². The molecule has 0 atom stereocenters. The molecule has 0 amide bonds. The number of aryl methyl sites for hydroxylation is 2. The second-order valence-corrected chi connectivity index (χ2v) is 5.42. The van der Waals surface area contributed by atoms with Gasteiger partial charge in [-0.2, -0.15) is 0 Å². The lowest BCUT2D eigenvalue weighted by Crippen LogP contribution is -1.93. The molecule has 1 heterocycles. The van der Waals surface area contributed by atoms with Gasteiger partial charge in [-0.15, -0.1) is 0 Å². The Hall–Kier alpha value is -2.06. The lowest BCUT2D eigenvalue weighted by Gasteiger charge is -2.10. The third-order valence-corrected chi connectivity index (χ3v) is 3.73. The van der Waals surface area contributed by atoms with Gasteiger partial charge in [-0.3, -0.25) is 0 Å². The van der Waals surface area contributed by atoms with E-state index in [0.29, 0.717) is 5.02 Å². The molecule has 0 unspecified atom stereocenters. The molecule has 3 rings (SSSR count). The summed E-state index contributed by atoms with van der Waals surface area (Å²) in [4.78, 5) is 4.66. The molecule has 2 aromatic carbocycles. The normalized spacial score (nSPS) is 10.8. The molecule has 0 N–H and O–H groups in total. The lowest BCUT2D eigenvalue weighted by molar-refractivity contribution is 0.487. The van der Waals surface area contributed by atoms with E-state index in [-0.39, 0.29) is 0 Å². The monoisotopic (exact) mass is 297 g/mol. The molecule has 1 aromatic heterocycles. The van der Waals surface area contributed by atoms with E-state index in [4.69, 9.17) is 16.3 Å². The van der Waals surface area contributed by atoms with E-state index < -0.39 is 0 Å². The molecule has 2 nitrogen and oxygen atoms in total. The van der Waals surface area contributed by atoms with Crippen LogP contribution < -0.4 is 4.74 Å². The van der Waals surface area contributed by atoms with Gasteiger partial charge in [-0.1, -0.05) is 48.4 Å². The summed E-state index contributed by atoms with van der Waals surface area (Å²) in [5.74, 6) is 1.53. The van der Waals surface area contributed by atoms with E-state index in [1.165, 1.54) is 5.56 Å². The fourth-order valence-electron chi connectivity index (χ4n) is 2.23. The number of nitrogens with zero attached hydrogens (tertiary/aromatic N) is 1. The summed E-state index contributed by atoms with van der Waals surface area (Å²) >= 11 is 6.34. The van der Waals surface area contributed by atoms with E-state index in [1.807, 2.05) is 48.5 Å². The van der Waals surface area contributed by atoms with Crippen LogP contribution in [-0.4, -0.2) is 4.98 Å². The summed E-state index contributed by atoms with van der Waals surface area (Å²) < 4.78 is 5.98. The molecule has 0 bridgehead atoms. The number of hydrogen-bond donors (Lipinski definition) is 0. The van der Waals surface area contributed by atoms with Crippen molar-refractivity contribution in [2.24, 2.45) is 0 Å². The molecule has 3 heteroatoms. The molecule has 0 spiro atoms. The molecule has 3 aromatic rings. The first kappa shape index (κ1) is 13.9. The summed E-state index contributed by atoms with van der Waals surface area (Å²) in [6.45, 7) is 4.12. The highest BCUT2D eigenvalue weighted by Crippen LogP contribution is 2.32. The standard InChI is InChI=1S/C18H16ClNO/c1-3-13-11-16(19)15-5-4-6-17(18(15)20-13)21-14-9-7-12(2)8-10-14/h4-11H,3H2,1-2H3. The molecular weight excluding hydrogens is 282 g/mol. The quantitative estimate of drug-likeness (QED) is 0.632. The van der Waals surface area contributed by atoms with Gasteiger partial charge >= 0.3 is 0 Å². The van der Waals surface area contributed by atoms with Gasteiger partial charge in [0.1, 0.15) is 11.3 Å². The minimum Gasteiger partial charge on any atom is -0.455 e. The zero-order valence-electron chi connectivity index (χ0n) is 12.1. The van der Waals surface area contributed by atoms with Gasteiger partial charge in [0.15, 0.2) is 5.75 Å². The van der Waals surface area contributed by atoms with Crippen molar-refractivity contribution in [3.63, 3.8) is 0 Å². The maximum absolute atomic E-state index is 6.34. The summed E-state index contributed by atoms with van der Waals surface area (Å²) in [5, 5.41) is 1.63. The van der Waals surface area contributed by atoms with Crippen LogP contribution in [-0.2, 0) is 6.42 Å². The SMILES string of the molecule is CCc1cc(Cl)c2cccc(Oc3ccc(C)cc3)c2n1. The van der Waals surface area contributed by atoms with Crippen LogP contribution in [0, 0.1) is 6.92 Å². The summed E-state index contributed by atoms with van der Waals surface area (Å²) in [7, 11) is 0. The summed E-state index contributed by atoms with van der Waals surface area (Å²) in [6.07, 6.45) is 0.842. The van der Waals surface area contributed by atoms with Crippen molar-refractivity contribution in [3.8, 4) is 11.5 Å². The van der Waals surface area contributed by atoms with Gasteiger partial charge < -0.3 is 4.74 Å². The molecule has 0 aliphatic heterocycles. The minimum absolute atomic E-state index is 0.714. The number of ether oxygens (including phenoxy) is 1. The van der Waals surface area contributed by atoms with Crippen molar-refractivity contribution in [2.45, 2.75) is 20.3 Å². The number of rotatable bonds is 3. The van der Waals surface area contributed by atoms with Crippen LogP contribution in [0.25, 0.3) is 10.9 Å². The zero-order valence-corrected chi connectivity index (χ0v) is 12.8. The van der Waals surface area contributed by atoms with Crippen molar-refractivity contribution >= 4 is 22.5 Å². The smallest absolute Gasteiger partial charge is 0.153 e. The van der Waals surface area contributed by atoms with Crippen LogP contribution in [0.2, 0.25) is 5.02 Å². The average molecular weight is 298 g/mol. The van der Waals surface area contributed by atoms with Gasteiger partial charge in [-0.05, 0) is 37.6 Å². The number of benzene rings is 2. The van der Waals surface area contributed by atoms with Crippen LogP contribution in [0.15, 0.2) is 48.5 Å². The summed E-state index contributed by atoms with van der Waals surface area (Å²) in [6, 6.07) is 15.7. The maximum Gasteiger partial charge on any atom is 0.153 e. The predicted molar refractivity (Wildman–Crippen MR) is 87.4 cm³/mol. The molecule has 0 saturated heterocycles. The second kappa shape index (κ2) is 5.74. The van der Waals surface area contributed by atoms with Crippen LogP contribution >= 0.6 is 11.6 Å². The highest BCUT2D eigenvalue weighted by atomic mass is 35.5. The van der Waals surface area contributed by atoms with E-state index in [1.54, 1.807) is 0 Å². The van der Waals surface area contributed by atoms with Gasteiger partial charge in [0.2, 0.25) is 0 Å². The number of pyridine rings is 1. The number of halogens is 1. The number of fused-ring (bicyclic) bond motifs is 1. The highest BCUT2D eigenvalue weighted by molar-refractivity contribution is 6.35. The third-order valence-electron chi connectivity index (χ3n) is 3.42. The molecule has 0 fully saturated rings. The molecule has 21 heavy (non-hydrogen) atoms. The first-order valence-electron chi connectivity index (χ1n) is 7.00. The lowest BCUT2D eigenvalue weighted by atomic mass is 10.1. The van der Waals surface area contributed by atoms with Gasteiger partial charge in [0.05, 0.1) is 5.02 Å². The molecular formula is C18H16ClNO. The summed E-state index contributed by atoms with van der Waals surface area (Å²) in [5.41, 5.74) is 2.98. The Morgan fingerprint density at radius 1 is 1.10 bits per heavy atom. The Morgan fingerprint density at radius 2 is 1.86 bits per heavy atom. The van der Waals surface area contributed by atoms with Crippen molar-refractivity contribution < 1.29 is 4.74 Å². The Labute approximate surface area is 129 Å². The van der Waals surface area contributed by atoms with Gasteiger partial charge in [0.25, 0.3) is 0 Å². The van der Waals surface area contributed by atoms with Crippen LogP contribution in [0.5, 0.6) is 11.5 Å². The van der Waals surface area contributed by atoms with Crippen molar-refractivity contribution in [1.82, 2.24) is 4.98 Å². The van der Waals surface area contributed by atoms with E-state index >= 15 is 0 Å². The van der Waals surface area contributed by atoms with Crippen molar-refractivity contribution in [2.75, 3.05) is 0 Å². The number of aromatic nitrogens is 1. The first-order valence-corrected chi connectivity index (χ1v) is 7.38. The third kappa shape index (κ3) is 2.86. The minimum atomic E-state index is 0.714. The van der Waals surface area contributed by atoms with Crippen molar-refractivity contribution in [1.29, 1.82) is 0 Å². The van der Waals surface area contributed by atoms with E-state index in [9.17, 15) is 0 Å². The fraction of sp³-hybridized carbons (Fsp3) is 0.167. The van der Waals surface area contributed by atoms with Gasteiger partial charge in [0, 0.05) is 11.1 Å². The molecule has 0 radical (unpaired) electrons. The number of para-hydroxylation sites is 1. The van der Waals surface area contributed by atoms with Crippen molar-refractivity contribution in [3.05, 3.63) is 64.8 Å². The molecule has 0 aliphatic rings. The number of hydrogen-bond acceptors (Lipinski definition) is 2. The zero-order chi connectivity index (χ0) is 14.8. The average Bonchev–Trinajstić information content (AvgIpc) is 2.50. The van der Waals surface area contributed by atoms with Crippen LogP contribution in [0.3, 0.4) is 0 Å².